The van der Waals surface area contributed by atoms with Gasteiger partial charge in [-0.25, -0.2) is 4.68 Å². The standard InChI is InChI=1S/C18H18N4O2/c1-13-17(18(23)20-11-14-4-3-9-19-10-14)12-21-22(13)15-5-7-16(24-2)8-6-15/h3-10,12H,11H2,1-2H3,(H,20,23). The first kappa shape index (κ1) is 15.7. The highest BCUT2D eigenvalue weighted by atomic mass is 16.5. The smallest absolute Gasteiger partial charge is 0.255 e. The Bertz CT molecular complexity index is 826. The van der Waals surface area contributed by atoms with Gasteiger partial charge in [-0.2, -0.15) is 5.10 Å². The minimum atomic E-state index is -0.156. The van der Waals surface area contributed by atoms with Gasteiger partial charge in [0, 0.05) is 18.9 Å². The molecule has 0 fully saturated rings. The van der Waals surface area contributed by atoms with Gasteiger partial charge in [-0.15, -0.1) is 0 Å². The van der Waals surface area contributed by atoms with Crippen molar-refractivity contribution in [2.75, 3.05) is 7.11 Å². The Morgan fingerprint density at radius 3 is 2.67 bits per heavy atom. The summed E-state index contributed by atoms with van der Waals surface area (Å²) < 4.78 is 6.89. The van der Waals surface area contributed by atoms with E-state index in [0.29, 0.717) is 12.1 Å². The van der Waals surface area contributed by atoms with Crippen LogP contribution in [0.3, 0.4) is 0 Å². The fraction of sp³-hybridized carbons (Fsp3) is 0.167. The highest BCUT2D eigenvalue weighted by Gasteiger charge is 2.15. The van der Waals surface area contributed by atoms with Gasteiger partial charge in [0.1, 0.15) is 5.75 Å². The molecule has 122 valence electrons. The Balaban J connectivity index is 1.75. The maximum absolute atomic E-state index is 12.4. The van der Waals surface area contributed by atoms with E-state index in [-0.39, 0.29) is 5.91 Å². The number of ether oxygens (including phenoxy) is 1. The Labute approximate surface area is 140 Å². The summed E-state index contributed by atoms with van der Waals surface area (Å²) in [5, 5.41) is 7.21. The molecule has 1 aromatic carbocycles. The van der Waals surface area contributed by atoms with Gasteiger partial charge in [0.2, 0.25) is 0 Å². The zero-order valence-corrected chi connectivity index (χ0v) is 13.6. The number of benzene rings is 1. The van der Waals surface area contributed by atoms with E-state index in [0.717, 1.165) is 22.7 Å². The first-order valence-electron chi connectivity index (χ1n) is 7.55. The van der Waals surface area contributed by atoms with Gasteiger partial charge in [-0.3, -0.25) is 9.78 Å². The molecule has 0 unspecified atom stereocenters. The zero-order valence-electron chi connectivity index (χ0n) is 13.6. The van der Waals surface area contributed by atoms with Gasteiger partial charge in [-0.1, -0.05) is 6.07 Å². The minimum Gasteiger partial charge on any atom is -0.497 e. The van der Waals surface area contributed by atoms with Crippen molar-refractivity contribution in [1.29, 1.82) is 0 Å². The highest BCUT2D eigenvalue weighted by Crippen LogP contribution is 2.17. The van der Waals surface area contributed by atoms with Gasteiger partial charge in [-0.05, 0) is 42.8 Å². The van der Waals surface area contributed by atoms with Crippen LogP contribution in [0.1, 0.15) is 21.6 Å². The van der Waals surface area contributed by atoms with Gasteiger partial charge in [0.15, 0.2) is 0 Å². The summed E-state index contributed by atoms with van der Waals surface area (Å²) in [6.07, 6.45) is 5.01. The van der Waals surface area contributed by atoms with E-state index in [1.54, 1.807) is 30.4 Å². The molecule has 6 heteroatoms. The third kappa shape index (κ3) is 3.27. The number of aromatic nitrogens is 3. The van der Waals surface area contributed by atoms with E-state index in [4.69, 9.17) is 4.74 Å². The lowest BCUT2D eigenvalue weighted by Gasteiger charge is -2.07. The van der Waals surface area contributed by atoms with Gasteiger partial charge >= 0.3 is 0 Å². The highest BCUT2D eigenvalue weighted by molar-refractivity contribution is 5.95. The van der Waals surface area contributed by atoms with E-state index in [2.05, 4.69) is 15.4 Å². The van der Waals surface area contributed by atoms with Gasteiger partial charge in [0.05, 0.1) is 30.3 Å². The number of pyridine rings is 1. The van der Waals surface area contributed by atoms with Crippen molar-refractivity contribution in [3.05, 3.63) is 71.8 Å². The maximum Gasteiger partial charge on any atom is 0.255 e. The number of carbonyl (C=O) groups excluding carboxylic acids is 1. The van der Waals surface area contributed by atoms with Crippen molar-refractivity contribution in [2.45, 2.75) is 13.5 Å². The lowest BCUT2D eigenvalue weighted by molar-refractivity contribution is 0.0950. The number of hydrogen-bond acceptors (Lipinski definition) is 4. The van der Waals surface area contributed by atoms with Crippen molar-refractivity contribution < 1.29 is 9.53 Å². The number of hydrogen-bond donors (Lipinski definition) is 1. The number of methoxy groups -OCH3 is 1. The molecule has 3 rings (SSSR count). The molecule has 0 atom stereocenters. The van der Waals surface area contributed by atoms with Crippen LogP contribution in [0.25, 0.3) is 5.69 Å². The second-order valence-corrected chi connectivity index (χ2v) is 5.30. The Morgan fingerprint density at radius 2 is 2.00 bits per heavy atom. The van der Waals surface area contributed by atoms with Crippen LogP contribution in [-0.4, -0.2) is 27.8 Å². The molecule has 1 N–H and O–H groups in total. The number of rotatable bonds is 5. The van der Waals surface area contributed by atoms with Crippen molar-refractivity contribution >= 4 is 5.91 Å². The Morgan fingerprint density at radius 1 is 1.21 bits per heavy atom. The van der Waals surface area contributed by atoms with Crippen LogP contribution in [0.2, 0.25) is 0 Å². The van der Waals surface area contributed by atoms with Crippen molar-refractivity contribution in [3.63, 3.8) is 0 Å². The van der Waals surface area contributed by atoms with Crippen LogP contribution in [0, 0.1) is 6.92 Å². The summed E-state index contributed by atoms with van der Waals surface area (Å²) in [7, 11) is 1.62. The minimum absolute atomic E-state index is 0.156. The molecule has 0 aliphatic carbocycles. The quantitative estimate of drug-likeness (QED) is 0.783. The topological polar surface area (TPSA) is 69.0 Å². The molecule has 1 amide bonds. The lowest BCUT2D eigenvalue weighted by atomic mass is 10.2. The third-order valence-corrected chi connectivity index (χ3v) is 3.75. The predicted molar refractivity (Wildman–Crippen MR) is 90.3 cm³/mol. The van der Waals surface area contributed by atoms with Crippen molar-refractivity contribution in [2.24, 2.45) is 0 Å². The molecule has 0 aliphatic heterocycles. The second kappa shape index (κ2) is 6.95. The van der Waals surface area contributed by atoms with E-state index in [1.165, 1.54) is 0 Å². The fourth-order valence-electron chi connectivity index (χ4n) is 2.40. The average Bonchev–Trinajstić information content (AvgIpc) is 3.02. The zero-order chi connectivity index (χ0) is 16.9. The van der Waals surface area contributed by atoms with E-state index in [9.17, 15) is 4.79 Å². The van der Waals surface area contributed by atoms with Gasteiger partial charge in [0.25, 0.3) is 5.91 Å². The van der Waals surface area contributed by atoms with Crippen molar-refractivity contribution in [1.82, 2.24) is 20.1 Å². The summed E-state index contributed by atoms with van der Waals surface area (Å²) in [5.41, 5.74) is 3.16. The molecule has 24 heavy (non-hydrogen) atoms. The average molecular weight is 322 g/mol. The third-order valence-electron chi connectivity index (χ3n) is 3.75. The molecule has 0 aliphatic rings. The first-order valence-corrected chi connectivity index (χ1v) is 7.55. The lowest BCUT2D eigenvalue weighted by Crippen LogP contribution is -2.23. The maximum atomic E-state index is 12.4. The van der Waals surface area contributed by atoms with Crippen LogP contribution < -0.4 is 10.1 Å². The van der Waals surface area contributed by atoms with Crippen molar-refractivity contribution in [3.8, 4) is 11.4 Å². The molecule has 2 heterocycles. The van der Waals surface area contributed by atoms with Gasteiger partial charge < -0.3 is 10.1 Å². The number of carbonyl (C=O) groups is 1. The summed E-state index contributed by atoms with van der Waals surface area (Å²) in [5.74, 6) is 0.620. The first-order chi connectivity index (χ1) is 11.7. The fourth-order valence-corrected chi connectivity index (χ4v) is 2.40. The molecule has 3 aromatic rings. The molecule has 0 spiro atoms. The van der Waals surface area contributed by atoms with Crippen LogP contribution in [0.5, 0.6) is 5.75 Å². The molecule has 0 radical (unpaired) electrons. The van der Waals surface area contributed by atoms with E-state index < -0.39 is 0 Å². The molecule has 6 nitrogen and oxygen atoms in total. The molecule has 0 saturated carbocycles. The molecular formula is C18H18N4O2. The summed E-state index contributed by atoms with van der Waals surface area (Å²) in [6, 6.07) is 11.3. The summed E-state index contributed by atoms with van der Waals surface area (Å²) in [6.45, 7) is 2.30. The number of nitrogens with zero attached hydrogens (tertiary/aromatic N) is 3. The van der Waals surface area contributed by atoms with Crippen LogP contribution >= 0.6 is 0 Å². The summed E-state index contributed by atoms with van der Waals surface area (Å²) in [4.78, 5) is 16.4. The monoisotopic (exact) mass is 322 g/mol. The Hall–Kier alpha value is -3.15. The largest absolute Gasteiger partial charge is 0.497 e. The van der Waals surface area contributed by atoms with Crippen LogP contribution in [0.4, 0.5) is 0 Å². The predicted octanol–water partition coefficient (Wildman–Crippen LogP) is 2.51. The molecule has 2 aromatic heterocycles. The number of nitrogens with one attached hydrogen (secondary N) is 1. The normalized spacial score (nSPS) is 10.4. The van der Waals surface area contributed by atoms with Crippen LogP contribution in [-0.2, 0) is 6.54 Å². The SMILES string of the molecule is COc1ccc(-n2ncc(C(=O)NCc3cccnc3)c2C)cc1. The summed E-state index contributed by atoms with van der Waals surface area (Å²) >= 11 is 0. The molecule has 0 bridgehead atoms. The second-order valence-electron chi connectivity index (χ2n) is 5.30. The molecule has 0 saturated heterocycles. The van der Waals surface area contributed by atoms with E-state index >= 15 is 0 Å². The molecular weight excluding hydrogens is 304 g/mol. The Kier molecular flexibility index (Phi) is 4.56. The number of amides is 1. The van der Waals surface area contributed by atoms with Crippen LogP contribution in [0.15, 0.2) is 55.0 Å². The van der Waals surface area contributed by atoms with E-state index in [1.807, 2.05) is 43.3 Å².